The van der Waals surface area contributed by atoms with E-state index in [1.165, 1.54) is 0 Å². The summed E-state index contributed by atoms with van der Waals surface area (Å²) >= 11 is 5.80. The Labute approximate surface area is 87.9 Å². The molecule has 0 saturated heterocycles. The van der Waals surface area contributed by atoms with Crippen LogP contribution in [0.2, 0.25) is 5.02 Å². The van der Waals surface area contributed by atoms with Crippen LogP contribution < -0.4 is 4.90 Å². The number of nitrogens with zero attached hydrogens (tertiary/aromatic N) is 1. The van der Waals surface area contributed by atoms with Crippen molar-refractivity contribution in [2.75, 3.05) is 11.9 Å². The van der Waals surface area contributed by atoms with Crippen molar-refractivity contribution in [3.63, 3.8) is 0 Å². The molecule has 1 aromatic carbocycles. The number of halogens is 1. The van der Waals surface area contributed by atoms with Gasteiger partial charge in [-0.3, -0.25) is 0 Å². The summed E-state index contributed by atoms with van der Waals surface area (Å²) in [6.07, 6.45) is 0. The maximum atomic E-state index is 10.7. The number of hydrogen-bond donors (Lipinski definition) is 1. The summed E-state index contributed by atoms with van der Waals surface area (Å²) in [5, 5.41) is 9.41. The Morgan fingerprint density at radius 1 is 1.57 bits per heavy atom. The average Bonchev–Trinajstić information content (AvgIpc) is 2.15. The minimum absolute atomic E-state index is 0.562. The van der Waals surface area contributed by atoms with Gasteiger partial charge in [-0.25, -0.2) is 4.79 Å². The molecule has 0 bridgehead atoms. The molecule has 1 rings (SSSR count). The van der Waals surface area contributed by atoms with Crippen LogP contribution >= 0.6 is 11.6 Å². The first kappa shape index (κ1) is 10.9. The van der Waals surface area contributed by atoms with Gasteiger partial charge in [-0.05, 0) is 25.1 Å². The topological polar surface area (TPSA) is 40.5 Å². The molecule has 0 aliphatic heterocycles. The molecular formula is C10H12ClNO2. The Balaban J connectivity index is 2.89. The van der Waals surface area contributed by atoms with Gasteiger partial charge in [0.05, 0.1) is 0 Å². The van der Waals surface area contributed by atoms with E-state index >= 15 is 0 Å². The normalized spacial score (nSPS) is 12.2. The molecule has 1 aromatic rings. The lowest BCUT2D eigenvalue weighted by Crippen LogP contribution is -2.35. The second-order valence-electron chi connectivity index (χ2n) is 3.10. The van der Waals surface area contributed by atoms with Gasteiger partial charge in [0.2, 0.25) is 0 Å². The van der Waals surface area contributed by atoms with Crippen molar-refractivity contribution in [3.05, 3.63) is 29.3 Å². The molecule has 0 fully saturated rings. The number of benzene rings is 1. The summed E-state index contributed by atoms with van der Waals surface area (Å²) in [7, 11) is 1.73. The Morgan fingerprint density at radius 3 is 2.71 bits per heavy atom. The second-order valence-corrected chi connectivity index (χ2v) is 3.54. The van der Waals surface area contributed by atoms with Gasteiger partial charge in [-0.1, -0.05) is 17.7 Å². The molecule has 14 heavy (non-hydrogen) atoms. The van der Waals surface area contributed by atoms with Gasteiger partial charge >= 0.3 is 5.97 Å². The first-order valence-electron chi connectivity index (χ1n) is 4.23. The van der Waals surface area contributed by atoms with Gasteiger partial charge in [0.15, 0.2) is 0 Å². The number of carbonyl (C=O) groups is 1. The molecule has 0 heterocycles. The molecule has 0 spiro atoms. The van der Waals surface area contributed by atoms with Crippen LogP contribution in [0.15, 0.2) is 24.3 Å². The van der Waals surface area contributed by atoms with Crippen LogP contribution in [0.3, 0.4) is 0 Å². The molecule has 0 saturated carbocycles. The van der Waals surface area contributed by atoms with E-state index in [-0.39, 0.29) is 0 Å². The van der Waals surface area contributed by atoms with Crippen molar-refractivity contribution in [2.24, 2.45) is 0 Å². The third kappa shape index (κ3) is 2.39. The van der Waals surface area contributed by atoms with E-state index in [9.17, 15) is 4.79 Å². The standard InChI is InChI=1S/C10H12ClNO2/c1-7(10(13)14)12(2)9-5-3-4-8(11)6-9/h3-7H,1-2H3,(H,13,14)/t7-/m0/s1. The van der Waals surface area contributed by atoms with Crippen LogP contribution in [0.1, 0.15) is 6.92 Å². The lowest BCUT2D eigenvalue weighted by molar-refractivity contribution is -0.138. The average molecular weight is 214 g/mol. The van der Waals surface area contributed by atoms with Crippen LogP contribution in [-0.2, 0) is 4.79 Å². The minimum Gasteiger partial charge on any atom is -0.480 e. The zero-order chi connectivity index (χ0) is 10.7. The zero-order valence-corrected chi connectivity index (χ0v) is 8.82. The molecule has 0 unspecified atom stereocenters. The van der Waals surface area contributed by atoms with E-state index < -0.39 is 12.0 Å². The maximum Gasteiger partial charge on any atom is 0.326 e. The largest absolute Gasteiger partial charge is 0.480 e. The Kier molecular flexibility index (Phi) is 3.36. The van der Waals surface area contributed by atoms with Gasteiger partial charge < -0.3 is 10.0 Å². The second kappa shape index (κ2) is 4.33. The first-order valence-corrected chi connectivity index (χ1v) is 4.61. The highest BCUT2D eigenvalue weighted by Crippen LogP contribution is 2.19. The predicted molar refractivity (Wildman–Crippen MR) is 57.0 cm³/mol. The molecule has 0 radical (unpaired) electrons. The Morgan fingerprint density at radius 2 is 2.21 bits per heavy atom. The van der Waals surface area contributed by atoms with Crippen LogP contribution in [-0.4, -0.2) is 24.2 Å². The van der Waals surface area contributed by atoms with Crippen LogP contribution in [0, 0.1) is 0 Å². The number of aliphatic carboxylic acids is 1. The van der Waals surface area contributed by atoms with Gasteiger partial charge in [-0.2, -0.15) is 0 Å². The van der Waals surface area contributed by atoms with Crippen molar-refractivity contribution in [2.45, 2.75) is 13.0 Å². The van der Waals surface area contributed by atoms with Crippen molar-refractivity contribution >= 4 is 23.3 Å². The van der Waals surface area contributed by atoms with Gasteiger partial charge in [0.25, 0.3) is 0 Å². The number of hydrogen-bond acceptors (Lipinski definition) is 2. The summed E-state index contributed by atoms with van der Waals surface area (Å²) in [6.45, 7) is 1.63. The lowest BCUT2D eigenvalue weighted by atomic mass is 10.2. The molecule has 0 aliphatic carbocycles. The molecule has 3 nitrogen and oxygen atoms in total. The zero-order valence-electron chi connectivity index (χ0n) is 8.07. The highest BCUT2D eigenvalue weighted by atomic mass is 35.5. The van der Waals surface area contributed by atoms with E-state index in [0.29, 0.717) is 5.02 Å². The van der Waals surface area contributed by atoms with Crippen molar-refractivity contribution in [1.82, 2.24) is 0 Å². The molecule has 0 amide bonds. The van der Waals surface area contributed by atoms with Crippen molar-refractivity contribution in [1.29, 1.82) is 0 Å². The lowest BCUT2D eigenvalue weighted by Gasteiger charge is -2.23. The van der Waals surface area contributed by atoms with Gasteiger partial charge in [-0.15, -0.1) is 0 Å². The molecule has 1 atom stereocenters. The molecule has 0 aliphatic rings. The Hall–Kier alpha value is -1.22. The smallest absolute Gasteiger partial charge is 0.326 e. The third-order valence-electron chi connectivity index (χ3n) is 2.15. The molecular weight excluding hydrogens is 202 g/mol. The van der Waals surface area contributed by atoms with Gasteiger partial charge in [0, 0.05) is 17.8 Å². The van der Waals surface area contributed by atoms with E-state index in [1.807, 2.05) is 6.07 Å². The monoisotopic (exact) mass is 213 g/mol. The highest BCUT2D eigenvalue weighted by molar-refractivity contribution is 6.30. The summed E-state index contributed by atoms with van der Waals surface area (Å²) in [4.78, 5) is 12.4. The van der Waals surface area contributed by atoms with E-state index in [1.54, 1.807) is 37.1 Å². The highest BCUT2D eigenvalue weighted by Gasteiger charge is 2.16. The maximum absolute atomic E-state index is 10.7. The number of anilines is 1. The summed E-state index contributed by atoms with van der Waals surface area (Å²) in [5.74, 6) is -0.854. The van der Waals surface area contributed by atoms with Gasteiger partial charge in [0.1, 0.15) is 6.04 Å². The van der Waals surface area contributed by atoms with E-state index in [0.717, 1.165) is 5.69 Å². The number of carboxylic acid groups (broad SMARTS) is 1. The van der Waals surface area contributed by atoms with Crippen LogP contribution in [0.4, 0.5) is 5.69 Å². The predicted octanol–water partition coefficient (Wildman–Crippen LogP) is 2.25. The quantitative estimate of drug-likeness (QED) is 0.837. The van der Waals surface area contributed by atoms with Crippen LogP contribution in [0.25, 0.3) is 0 Å². The third-order valence-corrected chi connectivity index (χ3v) is 2.39. The fourth-order valence-electron chi connectivity index (χ4n) is 1.08. The first-order chi connectivity index (χ1) is 6.52. The fourth-order valence-corrected chi connectivity index (χ4v) is 1.27. The summed E-state index contributed by atoms with van der Waals surface area (Å²) < 4.78 is 0. The summed E-state index contributed by atoms with van der Waals surface area (Å²) in [5.41, 5.74) is 0.799. The molecule has 0 aromatic heterocycles. The van der Waals surface area contributed by atoms with Crippen molar-refractivity contribution in [3.8, 4) is 0 Å². The minimum atomic E-state index is -0.854. The molecule has 76 valence electrons. The number of carboxylic acids is 1. The number of rotatable bonds is 3. The Bertz CT molecular complexity index is 341. The van der Waals surface area contributed by atoms with E-state index in [2.05, 4.69) is 0 Å². The van der Waals surface area contributed by atoms with Crippen LogP contribution in [0.5, 0.6) is 0 Å². The fraction of sp³-hybridized carbons (Fsp3) is 0.300. The summed E-state index contributed by atoms with van der Waals surface area (Å²) in [6, 6.07) is 6.55. The molecule has 4 heteroatoms. The SMILES string of the molecule is C[C@@H](C(=O)O)N(C)c1cccc(Cl)c1. The number of likely N-dealkylation sites (N-methyl/N-ethyl adjacent to an activating group) is 1. The van der Waals surface area contributed by atoms with Crippen molar-refractivity contribution < 1.29 is 9.90 Å². The van der Waals surface area contributed by atoms with E-state index in [4.69, 9.17) is 16.7 Å². The molecule has 1 N–H and O–H groups in total.